The SMILES string of the molecule is CCNc1ccc(-c2nnn(C)c2NC(=O)O[C@H](C)c2cccc(F)c2)nc1C. The Morgan fingerprint density at radius 1 is 1.31 bits per heavy atom. The van der Waals surface area contributed by atoms with Crippen molar-refractivity contribution in [3.8, 4) is 11.4 Å². The van der Waals surface area contributed by atoms with E-state index in [0.717, 1.165) is 17.9 Å². The molecular weight excluding hydrogens is 375 g/mol. The first-order valence-corrected chi connectivity index (χ1v) is 9.23. The molecule has 0 fully saturated rings. The molecule has 9 heteroatoms. The molecule has 0 unspecified atom stereocenters. The molecule has 0 saturated heterocycles. The van der Waals surface area contributed by atoms with Crippen molar-refractivity contribution in [2.45, 2.75) is 26.9 Å². The first-order valence-electron chi connectivity index (χ1n) is 9.23. The van der Waals surface area contributed by atoms with Gasteiger partial charge in [-0.2, -0.15) is 0 Å². The van der Waals surface area contributed by atoms with Crippen LogP contribution >= 0.6 is 0 Å². The number of anilines is 2. The van der Waals surface area contributed by atoms with Crippen LogP contribution < -0.4 is 10.6 Å². The summed E-state index contributed by atoms with van der Waals surface area (Å²) in [5.74, 6) is -0.0384. The van der Waals surface area contributed by atoms with Crippen LogP contribution in [-0.2, 0) is 11.8 Å². The number of aryl methyl sites for hydroxylation is 2. The highest BCUT2D eigenvalue weighted by atomic mass is 19.1. The third kappa shape index (κ3) is 4.68. The maximum absolute atomic E-state index is 13.4. The molecule has 152 valence electrons. The fourth-order valence-electron chi connectivity index (χ4n) is 2.85. The minimum Gasteiger partial charge on any atom is -0.441 e. The zero-order valence-corrected chi connectivity index (χ0v) is 16.7. The van der Waals surface area contributed by atoms with Crippen LogP contribution in [0.5, 0.6) is 0 Å². The molecule has 1 amide bonds. The number of nitrogens with zero attached hydrogens (tertiary/aromatic N) is 4. The molecule has 8 nitrogen and oxygen atoms in total. The number of benzene rings is 1. The molecule has 3 rings (SSSR count). The van der Waals surface area contributed by atoms with Gasteiger partial charge in [0.05, 0.1) is 17.1 Å². The zero-order chi connectivity index (χ0) is 21.0. The fourth-order valence-corrected chi connectivity index (χ4v) is 2.85. The summed E-state index contributed by atoms with van der Waals surface area (Å²) in [7, 11) is 1.65. The van der Waals surface area contributed by atoms with Gasteiger partial charge in [0, 0.05) is 13.6 Å². The number of nitrogens with one attached hydrogen (secondary N) is 2. The van der Waals surface area contributed by atoms with Gasteiger partial charge in [0.25, 0.3) is 0 Å². The van der Waals surface area contributed by atoms with Crippen LogP contribution in [0.15, 0.2) is 36.4 Å². The van der Waals surface area contributed by atoms with Gasteiger partial charge in [0.15, 0.2) is 11.5 Å². The summed E-state index contributed by atoms with van der Waals surface area (Å²) < 4.78 is 20.2. The number of carbonyl (C=O) groups excluding carboxylic acids is 1. The molecule has 1 atom stereocenters. The van der Waals surface area contributed by atoms with E-state index in [1.54, 1.807) is 32.2 Å². The van der Waals surface area contributed by atoms with E-state index in [4.69, 9.17) is 4.74 Å². The molecule has 1 aromatic carbocycles. The Hall–Kier alpha value is -3.49. The molecule has 0 aliphatic heterocycles. The zero-order valence-electron chi connectivity index (χ0n) is 16.7. The third-order valence-corrected chi connectivity index (χ3v) is 4.34. The smallest absolute Gasteiger partial charge is 0.413 e. The molecule has 29 heavy (non-hydrogen) atoms. The average molecular weight is 398 g/mol. The van der Waals surface area contributed by atoms with Crippen molar-refractivity contribution in [3.05, 3.63) is 53.5 Å². The predicted molar refractivity (Wildman–Crippen MR) is 108 cm³/mol. The number of hydrogen-bond acceptors (Lipinski definition) is 6. The first-order chi connectivity index (χ1) is 13.9. The highest BCUT2D eigenvalue weighted by molar-refractivity contribution is 5.88. The van der Waals surface area contributed by atoms with Gasteiger partial charge in [-0.15, -0.1) is 5.10 Å². The number of halogens is 1. The van der Waals surface area contributed by atoms with Gasteiger partial charge in [-0.05, 0) is 50.6 Å². The number of amides is 1. The molecule has 2 N–H and O–H groups in total. The van der Waals surface area contributed by atoms with Gasteiger partial charge in [0.2, 0.25) is 0 Å². The minimum atomic E-state index is -0.700. The number of hydrogen-bond donors (Lipinski definition) is 2. The molecule has 0 bridgehead atoms. The second-order valence-electron chi connectivity index (χ2n) is 6.50. The summed E-state index contributed by atoms with van der Waals surface area (Å²) in [6.45, 7) is 6.35. The molecule has 0 spiro atoms. The number of carbonyl (C=O) groups is 1. The molecule has 0 aliphatic rings. The lowest BCUT2D eigenvalue weighted by molar-refractivity contribution is 0.121. The van der Waals surface area contributed by atoms with Crippen molar-refractivity contribution in [2.75, 3.05) is 17.2 Å². The van der Waals surface area contributed by atoms with E-state index < -0.39 is 12.2 Å². The molecule has 3 aromatic rings. The number of rotatable bonds is 6. The highest BCUT2D eigenvalue weighted by Gasteiger charge is 2.20. The standard InChI is InChI=1S/C20H23FN6O2/c1-5-22-16-9-10-17(23-12(16)2)18-19(27(4)26-25-18)24-20(28)29-13(3)14-7-6-8-15(21)11-14/h6-11,13,22H,5H2,1-4H3,(H,24,28)/t13-/m1/s1. The summed E-state index contributed by atoms with van der Waals surface area (Å²) in [6, 6.07) is 9.63. The lowest BCUT2D eigenvalue weighted by Gasteiger charge is -2.15. The van der Waals surface area contributed by atoms with Crippen LogP contribution in [0.2, 0.25) is 0 Å². The van der Waals surface area contributed by atoms with E-state index in [9.17, 15) is 9.18 Å². The number of pyridine rings is 1. The Bertz CT molecular complexity index is 1020. The van der Waals surface area contributed by atoms with Crippen molar-refractivity contribution in [3.63, 3.8) is 0 Å². The van der Waals surface area contributed by atoms with E-state index in [1.165, 1.54) is 16.8 Å². The number of aromatic nitrogens is 4. The molecule has 0 aliphatic carbocycles. The second kappa shape index (κ2) is 8.68. The Kier molecular flexibility index (Phi) is 6.06. The van der Waals surface area contributed by atoms with Crippen LogP contribution in [0.1, 0.15) is 31.2 Å². The normalized spacial score (nSPS) is 11.8. The van der Waals surface area contributed by atoms with Gasteiger partial charge >= 0.3 is 6.09 Å². The van der Waals surface area contributed by atoms with Crippen LogP contribution in [0.4, 0.5) is 20.7 Å². The Morgan fingerprint density at radius 2 is 2.10 bits per heavy atom. The van der Waals surface area contributed by atoms with Crippen molar-refractivity contribution in [2.24, 2.45) is 7.05 Å². The van der Waals surface area contributed by atoms with Crippen molar-refractivity contribution >= 4 is 17.6 Å². The van der Waals surface area contributed by atoms with E-state index in [1.807, 2.05) is 19.9 Å². The van der Waals surface area contributed by atoms with Crippen LogP contribution in [0, 0.1) is 12.7 Å². The van der Waals surface area contributed by atoms with E-state index in [-0.39, 0.29) is 5.82 Å². The quantitative estimate of drug-likeness (QED) is 0.650. The summed E-state index contributed by atoms with van der Waals surface area (Å²) in [6.07, 6.45) is -1.33. The van der Waals surface area contributed by atoms with Gasteiger partial charge in [-0.1, -0.05) is 17.3 Å². The van der Waals surface area contributed by atoms with E-state index >= 15 is 0 Å². The van der Waals surface area contributed by atoms with Crippen molar-refractivity contribution in [1.29, 1.82) is 0 Å². The van der Waals surface area contributed by atoms with Gasteiger partial charge < -0.3 is 10.1 Å². The van der Waals surface area contributed by atoms with Crippen molar-refractivity contribution < 1.29 is 13.9 Å². The van der Waals surface area contributed by atoms with Gasteiger partial charge in [-0.25, -0.2) is 18.9 Å². The molecule has 0 saturated carbocycles. The maximum atomic E-state index is 13.4. The summed E-state index contributed by atoms with van der Waals surface area (Å²) in [5, 5.41) is 14.0. The largest absolute Gasteiger partial charge is 0.441 e. The second-order valence-corrected chi connectivity index (χ2v) is 6.50. The topological polar surface area (TPSA) is 94.0 Å². The monoisotopic (exact) mass is 398 g/mol. The third-order valence-electron chi connectivity index (χ3n) is 4.34. The van der Waals surface area contributed by atoms with Crippen LogP contribution in [0.3, 0.4) is 0 Å². The fraction of sp³-hybridized carbons (Fsp3) is 0.300. The summed E-state index contributed by atoms with van der Waals surface area (Å²) >= 11 is 0. The lowest BCUT2D eigenvalue weighted by atomic mass is 10.1. The minimum absolute atomic E-state index is 0.351. The summed E-state index contributed by atoms with van der Waals surface area (Å²) in [5.41, 5.74) is 3.29. The Balaban J connectivity index is 1.77. The lowest BCUT2D eigenvalue weighted by Crippen LogP contribution is -2.18. The average Bonchev–Trinajstić information content (AvgIpc) is 3.04. The maximum Gasteiger partial charge on any atom is 0.413 e. The van der Waals surface area contributed by atoms with Crippen LogP contribution in [0.25, 0.3) is 11.4 Å². The molecule has 2 aromatic heterocycles. The van der Waals surface area contributed by atoms with Crippen molar-refractivity contribution in [1.82, 2.24) is 20.0 Å². The van der Waals surface area contributed by atoms with E-state index in [2.05, 4.69) is 25.9 Å². The Labute approximate surface area is 168 Å². The molecule has 0 radical (unpaired) electrons. The predicted octanol–water partition coefficient (Wildman–Crippen LogP) is 4.07. The summed E-state index contributed by atoms with van der Waals surface area (Å²) in [4.78, 5) is 16.9. The van der Waals surface area contributed by atoms with Crippen LogP contribution in [-0.4, -0.2) is 32.6 Å². The van der Waals surface area contributed by atoms with Gasteiger partial charge in [-0.3, -0.25) is 5.32 Å². The highest BCUT2D eigenvalue weighted by Crippen LogP contribution is 2.26. The molecule has 2 heterocycles. The van der Waals surface area contributed by atoms with E-state index in [0.29, 0.717) is 22.8 Å². The van der Waals surface area contributed by atoms with Gasteiger partial charge in [0.1, 0.15) is 11.9 Å². The molecular formula is C20H23FN6O2. The number of ether oxygens (including phenoxy) is 1. The first kappa shape index (κ1) is 20.2. The Morgan fingerprint density at radius 3 is 2.79 bits per heavy atom.